The molecule has 114 valence electrons. The average Bonchev–Trinajstić information content (AvgIpc) is 2.87. The first kappa shape index (κ1) is 13.6. The van der Waals surface area contributed by atoms with Gasteiger partial charge in [-0.3, -0.25) is 10.4 Å². The summed E-state index contributed by atoms with van der Waals surface area (Å²) >= 11 is 0. The second kappa shape index (κ2) is 5.18. The molecule has 0 saturated carbocycles. The van der Waals surface area contributed by atoms with Crippen molar-refractivity contribution in [1.82, 2.24) is 31.2 Å². The van der Waals surface area contributed by atoms with Gasteiger partial charge in [0.05, 0.1) is 0 Å². The van der Waals surface area contributed by atoms with E-state index in [1.807, 2.05) is 17.2 Å². The van der Waals surface area contributed by atoms with Crippen molar-refractivity contribution in [2.45, 2.75) is 13.8 Å². The number of hydrogen-bond donors (Lipinski definition) is 4. The van der Waals surface area contributed by atoms with Crippen LogP contribution in [0.25, 0.3) is 0 Å². The lowest BCUT2D eigenvalue weighted by molar-refractivity contribution is -0.324. The third-order valence-electron chi connectivity index (χ3n) is 3.24. The van der Waals surface area contributed by atoms with Gasteiger partial charge in [0.25, 0.3) is 0 Å². The van der Waals surface area contributed by atoms with Gasteiger partial charge >= 0.3 is 0 Å². The van der Waals surface area contributed by atoms with Crippen LogP contribution >= 0.6 is 0 Å². The summed E-state index contributed by atoms with van der Waals surface area (Å²) in [6, 6.07) is 0. The Bertz CT molecular complexity index is 557. The molecule has 0 amide bonds. The molecule has 10 heteroatoms. The highest BCUT2D eigenvalue weighted by molar-refractivity contribution is 5.19. The first-order chi connectivity index (χ1) is 10.1. The molecule has 0 spiro atoms. The quantitative estimate of drug-likeness (QED) is 0.568. The Morgan fingerprint density at radius 1 is 0.952 bits per heavy atom. The van der Waals surface area contributed by atoms with Gasteiger partial charge < -0.3 is 9.80 Å². The van der Waals surface area contributed by atoms with Gasteiger partial charge in [0.1, 0.15) is 11.4 Å². The van der Waals surface area contributed by atoms with Crippen molar-refractivity contribution in [3.05, 3.63) is 47.7 Å². The summed E-state index contributed by atoms with van der Waals surface area (Å²) < 4.78 is 0. The minimum Gasteiger partial charge on any atom is -0.326 e. The highest BCUT2D eigenvalue weighted by Gasteiger charge is 2.25. The second-order valence-electron chi connectivity index (χ2n) is 4.54. The zero-order valence-electron chi connectivity index (χ0n) is 11.5. The highest BCUT2D eigenvalue weighted by Crippen LogP contribution is 2.22. The smallest absolute Gasteiger partial charge is 0.161 e. The molecule has 0 aromatic rings. The van der Waals surface area contributed by atoms with Crippen LogP contribution in [0, 0.1) is 0 Å². The van der Waals surface area contributed by atoms with E-state index in [-0.39, 0.29) is 0 Å². The number of nitrogens with zero attached hydrogens (tertiary/aromatic N) is 4. The highest BCUT2D eigenvalue weighted by atomic mass is 17.0. The van der Waals surface area contributed by atoms with Gasteiger partial charge in [0.2, 0.25) is 0 Å². The zero-order valence-corrected chi connectivity index (χ0v) is 11.5. The van der Waals surface area contributed by atoms with Crippen molar-refractivity contribution in [3.8, 4) is 0 Å². The summed E-state index contributed by atoms with van der Waals surface area (Å²) in [5.74, 6) is 1.22. The van der Waals surface area contributed by atoms with Crippen molar-refractivity contribution in [3.63, 3.8) is 0 Å². The van der Waals surface area contributed by atoms with E-state index < -0.39 is 0 Å². The molecular weight excluding hydrogens is 280 g/mol. The van der Waals surface area contributed by atoms with E-state index in [0.29, 0.717) is 40.0 Å². The Kier molecular flexibility index (Phi) is 3.35. The van der Waals surface area contributed by atoms with Crippen molar-refractivity contribution < 1.29 is 20.3 Å². The van der Waals surface area contributed by atoms with Crippen LogP contribution in [-0.2, 0) is 9.88 Å². The molecule has 3 rings (SSSR count). The second-order valence-corrected chi connectivity index (χ2v) is 4.54. The Hall–Kier alpha value is -2.40. The topological polar surface area (TPSA) is 95.9 Å². The van der Waals surface area contributed by atoms with Crippen LogP contribution in [0.3, 0.4) is 0 Å². The molecular formula is C11H16N6O4. The lowest BCUT2D eigenvalue weighted by Gasteiger charge is -2.18. The van der Waals surface area contributed by atoms with Gasteiger partial charge in [-0.2, -0.15) is 0 Å². The predicted octanol–water partition coefficient (Wildman–Crippen LogP) is 0.249. The molecule has 10 nitrogen and oxygen atoms in total. The maximum Gasteiger partial charge on any atom is 0.161 e. The maximum absolute atomic E-state index is 9.40. The first-order valence-electron chi connectivity index (χ1n) is 6.23. The molecule has 0 unspecified atom stereocenters. The third kappa shape index (κ3) is 2.36. The number of allylic oxidation sites excluding steroid dienone is 2. The van der Waals surface area contributed by atoms with Crippen molar-refractivity contribution in [2.24, 2.45) is 0 Å². The maximum atomic E-state index is 9.40. The molecule has 21 heavy (non-hydrogen) atoms. The number of nitrogens with one attached hydrogen (secondary N) is 2. The van der Waals surface area contributed by atoms with E-state index in [9.17, 15) is 10.4 Å². The van der Waals surface area contributed by atoms with E-state index in [4.69, 9.17) is 9.88 Å². The normalized spacial score (nSPS) is 22.3. The molecule has 0 aliphatic carbocycles. The van der Waals surface area contributed by atoms with E-state index >= 15 is 0 Å². The molecule has 4 N–H and O–H groups in total. The molecule has 0 saturated heterocycles. The summed E-state index contributed by atoms with van der Waals surface area (Å²) in [5.41, 5.74) is 6.31. The fourth-order valence-electron chi connectivity index (χ4n) is 2.00. The summed E-state index contributed by atoms with van der Waals surface area (Å²) in [6.45, 7) is 4.00. The van der Waals surface area contributed by atoms with Crippen molar-refractivity contribution in [2.75, 3.05) is 6.54 Å². The van der Waals surface area contributed by atoms with Gasteiger partial charge in [0.15, 0.2) is 11.6 Å². The lowest BCUT2D eigenvalue weighted by Crippen LogP contribution is -2.25. The van der Waals surface area contributed by atoms with E-state index in [0.717, 1.165) is 0 Å². The van der Waals surface area contributed by atoms with Crippen LogP contribution in [0.1, 0.15) is 13.8 Å². The van der Waals surface area contributed by atoms with Crippen LogP contribution in [-0.4, -0.2) is 37.2 Å². The largest absolute Gasteiger partial charge is 0.326 e. The van der Waals surface area contributed by atoms with Crippen molar-refractivity contribution >= 4 is 0 Å². The molecule has 0 aromatic carbocycles. The zero-order chi connectivity index (χ0) is 15.0. The van der Waals surface area contributed by atoms with Crippen LogP contribution < -0.4 is 11.0 Å². The molecule has 0 atom stereocenters. The van der Waals surface area contributed by atoms with Gasteiger partial charge in [-0.1, -0.05) is 0 Å². The van der Waals surface area contributed by atoms with Gasteiger partial charge in [-0.25, -0.2) is 11.0 Å². The van der Waals surface area contributed by atoms with E-state index in [1.54, 1.807) is 31.1 Å². The average molecular weight is 296 g/mol. The third-order valence-corrected chi connectivity index (χ3v) is 3.24. The first-order valence-corrected chi connectivity index (χ1v) is 6.23. The molecule has 3 aliphatic heterocycles. The number of rotatable bonds is 2. The minimum atomic E-state index is 0.525. The van der Waals surface area contributed by atoms with E-state index in [2.05, 4.69) is 11.0 Å². The molecule has 3 heterocycles. The van der Waals surface area contributed by atoms with Crippen LogP contribution in [0.2, 0.25) is 0 Å². The van der Waals surface area contributed by atoms with Crippen molar-refractivity contribution in [1.29, 1.82) is 0 Å². The molecule has 0 aromatic heterocycles. The standard InChI is InChI=1S/C11H16N6O4/c1-8-10(12-20-16(8)18)14-4-3-5-15(7-6-14)11-9(2)17(19)21-13-11/h3-4,6-7,12-13,18-19H,5H2,1-2H3. The van der Waals surface area contributed by atoms with E-state index in [1.165, 1.54) is 0 Å². The summed E-state index contributed by atoms with van der Waals surface area (Å²) in [6.07, 6.45) is 7.31. The summed E-state index contributed by atoms with van der Waals surface area (Å²) in [5, 5.41) is 20.1. The minimum absolute atomic E-state index is 0.525. The van der Waals surface area contributed by atoms with Gasteiger partial charge in [0, 0.05) is 25.1 Å². The predicted molar refractivity (Wildman–Crippen MR) is 67.9 cm³/mol. The molecule has 0 radical (unpaired) electrons. The summed E-state index contributed by atoms with van der Waals surface area (Å²) in [7, 11) is 0. The summed E-state index contributed by atoms with van der Waals surface area (Å²) in [4.78, 5) is 13.2. The molecule has 0 bridgehead atoms. The number of hydrogen-bond acceptors (Lipinski definition) is 10. The fourth-order valence-corrected chi connectivity index (χ4v) is 2.00. The molecule has 3 aliphatic rings. The lowest BCUT2D eigenvalue weighted by atomic mass is 10.4. The van der Waals surface area contributed by atoms with Gasteiger partial charge in [-0.05, 0) is 19.9 Å². The SMILES string of the molecule is CC1=C(N2C=CCN(C3=C(C)N(O)ON3)C=C2)NON1O. The Balaban J connectivity index is 1.80. The Labute approximate surface area is 120 Å². The fraction of sp³-hybridized carbons (Fsp3) is 0.273. The Morgan fingerprint density at radius 3 is 2.14 bits per heavy atom. The van der Waals surface area contributed by atoms with Crippen LogP contribution in [0.4, 0.5) is 0 Å². The molecule has 0 fully saturated rings. The number of hydroxylamine groups is 6. The van der Waals surface area contributed by atoms with Gasteiger partial charge in [-0.15, -0.1) is 20.3 Å². The van der Waals surface area contributed by atoms with Crippen LogP contribution in [0.5, 0.6) is 0 Å². The van der Waals surface area contributed by atoms with Crippen LogP contribution in [0.15, 0.2) is 47.7 Å². The Morgan fingerprint density at radius 2 is 1.57 bits per heavy atom. The monoisotopic (exact) mass is 296 g/mol.